The molecule has 1 N–H and O–H groups in total. The zero-order chi connectivity index (χ0) is 17.9. The first-order valence-corrected chi connectivity index (χ1v) is 8.31. The van der Waals surface area contributed by atoms with E-state index >= 15 is 0 Å². The second kappa shape index (κ2) is 10.5. The number of hydrogen-bond donors (Lipinski definition) is 1. The summed E-state index contributed by atoms with van der Waals surface area (Å²) in [4.78, 5) is 25.9. The molecule has 0 aliphatic heterocycles. The van der Waals surface area contributed by atoms with Crippen LogP contribution in [0.3, 0.4) is 0 Å². The van der Waals surface area contributed by atoms with Crippen molar-refractivity contribution in [3.8, 4) is 11.5 Å². The van der Waals surface area contributed by atoms with E-state index < -0.39 is 0 Å². The van der Waals surface area contributed by atoms with Crippen molar-refractivity contribution in [3.63, 3.8) is 0 Å². The van der Waals surface area contributed by atoms with Crippen LogP contribution in [0.1, 0.15) is 38.7 Å². The van der Waals surface area contributed by atoms with Gasteiger partial charge < -0.3 is 19.7 Å². The number of methoxy groups -OCH3 is 2. The van der Waals surface area contributed by atoms with Crippen molar-refractivity contribution in [1.29, 1.82) is 0 Å². The molecule has 0 fully saturated rings. The maximum atomic E-state index is 12.2. The number of nitrogens with one attached hydrogen (secondary N) is 1. The summed E-state index contributed by atoms with van der Waals surface area (Å²) in [5.74, 6) is 0.852. The molecule has 0 saturated heterocycles. The summed E-state index contributed by atoms with van der Waals surface area (Å²) in [5.41, 5.74) is 0.882. The molecule has 0 atom stereocenters. The minimum absolute atomic E-state index is 0.118. The summed E-state index contributed by atoms with van der Waals surface area (Å²) in [6.07, 6.45) is 1.66. The molecule has 6 nitrogen and oxygen atoms in total. The Morgan fingerprint density at radius 3 is 2.21 bits per heavy atom. The molecule has 0 aliphatic carbocycles. The van der Waals surface area contributed by atoms with Gasteiger partial charge in [0.25, 0.3) is 0 Å². The van der Waals surface area contributed by atoms with Gasteiger partial charge in [-0.2, -0.15) is 0 Å². The fraction of sp³-hybridized carbons (Fsp3) is 0.556. The number of nitrogens with zero attached hydrogens (tertiary/aromatic N) is 1. The predicted molar refractivity (Wildman–Crippen MR) is 93.2 cm³/mol. The fourth-order valence-corrected chi connectivity index (χ4v) is 2.40. The van der Waals surface area contributed by atoms with Crippen molar-refractivity contribution in [2.24, 2.45) is 0 Å². The lowest BCUT2D eigenvalue weighted by atomic mass is 10.2. The number of carbonyl (C=O) groups is 2. The second-order valence-electron chi connectivity index (χ2n) is 5.52. The van der Waals surface area contributed by atoms with Gasteiger partial charge in [0.1, 0.15) is 6.42 Å². The highest BCUT2D eigenvalue weighted by atomic mass is 16.5. The summed E-state index contributed by atoms with van der Waals surface area (Å²) in [5, 5.41) is 2.77. The number of amides is 2. The molecule has 0 spiro atoms. The highest BCUT2D eigenvalue weighted by molar-refractivity contribution is 5.96. The zero-order valence-corrected chi connectivity index (χ0v) is 15.1. The van der Waals surface area contributed by atoms with Gasteiger partial charge in [-0.25, -0.2) is 0 Å². The summed E-state index contributed by atoms with van der Waals surface area (Å²) < 4.78 is 10.4. The SMILES string of the molecule is CCCN(CCC)C(=O)CC(=O)NCc1ccc(OC)c(OC)c1. The molecule has 1 rings (SSSR count). The van der Waals surface area contributed by atoms with Crippen LogP contribution < -0.4 is 14.8 Å². The summed E-state index contributed by atoms with van der Waals surface area (Å²) in [6.45, 7) is 5.76. The summed E-state index contributed by atoms with van der Waals surface area (Å²) in [6, 6.07) is 5.45. The Morgan fingerprint density at radius 2 is 1.67 bits per heavy atom. The van der Waals surface area contributed by atoms with E-state index in [0.717, 1.165) is 18.4 Å². The Hall–Kier alpha value is -2.24. The molecule has 24 heavy (non-hydrogen) atoms. The zero-order valence-electron chi connectivity index (χ0n) is 15.1. The monoisotopic (exact) mass is 336 g/mol. The molecule has 1 aromatic carbocycles. The van der Waals surface area contributed by atoms with E-state index in [1.165, 1.54) is 0 Å². The van der Waals surface area contributed by atoms with Crippen LogP contribution in [0.25, 0.3) is 0 Å². The molecule has 0 unspecified atom stereocenters. The lowest BCUT2D eigenvalue weighted by Gasteiger charge is -2.21. The number of carbonyl (C=O) groups excluding carboxylic acids is 2. The van der Waals surface area contributed by atoms with E-state index in [-0.39, 0.29) is 18.2 Å². The van der Waals surface area contributed by atoms with Crippen molar-refractivity contribution in [3.05, 3.63) is 23.8 Å². The van der Waals surface area contributed by atoms with Gasteiger partial charge in [-0.05, 0) is 30.5 Å². The van der Waals surface area contributed by atoms with Gasteiger partial charge in [0.2, 0.25) is 11.8 Å². The topological polar surface area (TPSA) is 67.9 Å². The first-order valence-electron chi connectivity index (χ1n) is 8.31. The molecule has 6 heteroatoms. The van der Waals surface area contributed by atoms with E-state index in [0.29, 0.717) is 31.1 Å². The highest BCUT2D eigenvalue weighted by Crippen LogP contribution is 2.27. The Morgan fingerprint density at radius 1 is 1.04 bits per heavy atom. The largest absolute Gasteiger partial charge is 0.493 e. The summed E-state index contributed by atoms with van der Waals surface area (Å²) >= 11 is 0. The van der Waals surface area contributed by atoms with Gasteiger partial charge in [-0.3, -0.25) is 9.59 Å². The lowest BCUT2D eigenvalue weighted by molar-refractivity contribution is -0.136. The summed E-state index contributed by atoms with van der Waals surface area (Å²) in [7, 11) is 3.14. The molecule has 0 saturated carbocycles. The van der Waals surface area contributed by atoms with Crippen LogP contribution in [-0.2, 0) is 16.1 Å². The first kappa shape index (κ1) is 19.8. The van der Waals surface area contributed by atoms with Gasteiger partial charge in [-0.15, -0.1) is 0 Å². The Balaban J connectivity index is 2.55. The van der Waals surface area contributed by atoms with E-state index in [9.17, 15) is 9.59 Å². The quantitative estimate of drug-likeness (QED) is 0.666. The number of hydrogen-bond acceptors (Lipinski definition) is 4. The molecule has 2 amide bonds. The minimum atomic E-state index is -0.271. The molecule has 0 bridgehead atoms. The van der Waals surface area contributed by atoms with Crippen molar-refractivity contribution in [1.82, 2.24) is 10.2 Å². The van der Waals surface area contributed by atoms with Crippen LogP contribution in [0.5, 0.6) is 11.5 Å². The van der Waals surface area contributed by atoms with Crippen molar-refractivity contribution < 1.29 is 19.1 Å². The van der Waals surface area contributed by atoms with E-state index in [4.69, 9.17) is 9.47 Å². The number of ether oxygens (including phenoxy) is 2. The van der Waals surface area contributed by atoms with Gasteiger partial charge in [0.05, 0.1) is 14.2 Å². The van der Waals surface area contributed by atoms with Crippen LogP contribution in [0.4, 0.5) is 0 Å². The van der Waals surface area contributed by atoms with Gasteiger partial charge in [0.15, 0.2) is 11.5 Å². The van der Waals surface area contributed by atoms with Crippen LogP contribution in [0.15, 0.2) is 18.2 Å². The maximum Gasteiger partial charge on any atom is 0.232 e. The third-order valence-electron chi connectivity index (χ3n) is 3.59. The Kier molecular flexibility index (Phi) is 8.68. The van der Waals surface area contributed by atoms with Crippen molar-refractivity contribution >= 4 is 11.8 Å². The molecule has 1 aromatic rings. The van der Waals surface area contributed by atoms with Gasteiger partial charge in [-0.1, -0.05) is 19.9 Å². The third-order valence-corrected chi connectivity index (χ3v) is 3.59. The predicted octanol–water partition coefficient (Wildman–Crippen LogP) is 2.36. The fourth-order valence-electron chi connectivity index (χ4n) is 2.40. The Bertz CT molecular complexity index is 540. The minimum Gasteiger partial charge on any atom is -0.493 e. The molecule has 0 aromatic heterocycles. The van der Waals surface area contributed by atoms with Crippen molar-refractivity contribution in [2.75, 3.05) is 27.3 Å². The lowest BCUT2D eigenvalue weighted by Crippen LogP contribution is -2.36. The van der Waals surface area contributed by atoms with Gasteiger partial charge >= 0.3 is 0 Å². The standard InChI is InChI=1S/C18H28N2O4/c1-5-9-20(10-6-2)18(22)12-17(21)19-13-14-7-8-15(23-3)16(11-14)24-4/h7-8,11H,5-6,9-10,12-13H2,1-4H3,(H,19,21). The molecular formula is C18H28N2O4. The smallest absolute Gasteiger partial charge is 0.232 e. The first-order chi connectivity index (χ1) is 11.5. The van der Waals surface area contributed by atoms with E-state index in [2.05, 4.69) is 5.32 Å². The van der Waals surface area contributed by atoms with Gasteiger partial charge in [0, 0.05) is 19.6 Å². The maximum absolute atomic E-state index is 12.2. The third kappa shape index (κ3) is 6.10. The molecule has 0 aliphatic rings. The number of rotatable bonds is 10. The molecular weight excluding hydrogens is 308 g/mol. The Labute approximate surface area is 144 Å². The average molecular weight is 336 g/mol. The number of benzene rings is 1. The highest BCUT2D eigenvalue weighted by Gasteiger charge is 2.16. The van der Waals surface area contributed by atoms with E-state index in [1.54, 1.807) is 31.3 Å². The van der Waals surface area contributed by atoms with Crippen LogP contribution in [-0.4, -0.2) is 44.0 Å². The van der Waals surface area contributed by atoms with E-state index in [1.807, 2.05) is 19.9 Å². The van der Waals surface area contributed by atoms with Crippen LogP contribution in [0, 0.1) is 0 Å². The average Bonchev–Trinajstić information content (AvgIpc) is 2.59. The molecule has 0 heterocycles. The van der Waals surface area contributed by atoms with Crippen LogP contribution in [0.2, 0.25) is 0 Å². The van der Waals surface area contributed by atoms with Crippen LogP contribution >= 0.6 is 0 Å². The molecule has 0 radical (unpaired) electrons. The normalized spacial score (nSPS) is 10.2. The second-order valence-corrected chi connectivity index (χ2v) is 5.52. The molecule has 134 valence electrons. The van der Waals surface area contributed by atoms with Crippen molar-refractivity contribution in [2.45, 2.75) is 39.7 Å².